The Morgan fingerprint density at radius 3 is 2.92 bits per heavy atom. The highest BCUT2D eigenvalue weighted by Gasteiger charge is 2.27. The van der Waals surface area contributed by atoms with Crippen molar-refractivity contribution in [2.24, 2.45) is 10.9 Å². The number of hydrogen-bond acceptors (Lipinski definition) is 3. The average Bonchev–Trinajstić information content (AvgIpc) is 3.22. The highest BCUT2D eigenvalue weighted by atomic mass is 16.5. The van der Waals surface area contributed by atoms with Crippen molar-refractivity contribution < 1.29 is 4.74 Å². The molecule has 0 bridgehead atoms. The summed E-state index contributed by atoms with van der Waals surface area (Å²) in [5.41, 5.74) is 1.26. The van der Waals surface area contributed by atoms with Gasteiger partial charge < -0.3 is 15.4 Å². The van der Waals surface area contributed by atoms with Gasteiger partial charge in [-0.25, -0.2) is 0 Å². The summed E-state index contributed by atoms with van der Waals surface area (Å²) < 4.78 is 8.02. The maximum Gasteiger partial charge on any atom is 0.190 e. The van der Waals surface area contributed by atoms with E-state index in [2.05, 4.69) is 51.1 Å². The van der Waals surface area contributed by atoms with E-state index < -0.39 is 0 Å². The fourth-order valence-corrected chi connectivity index (χ4v) is 3.39. The van der Waals surface area contributed by atoms with Gasteiger partial charge in [0.05, 0.1) is 6.10 Å². The van der Waals surface area contributed by atoms with Crippen molar-refractivity contribution in [2.45, 2.75) is 31.9 Å². The van der Waals surface area contributed by atoms with E-state index in [-0.39, 0.29) is 6.10 Å². The summed E-state index contributed by atoms with van der Waals surface area (Å²) >= 11 is 0. The fourth-order valence-electron chi connectivity index (χ4n) is 3.39. The quantitative estimate of drug-likeness (QED) is 0.455. The lowest BCUT2D eigenvalue weighted by atomic mass is 9.89. The van der Waals surface area contributed by atoms with Crippen LogP contribution in [0.1, 0.15) is 30.9 Å². The molecular weight excluding hydrogens is 326 g/mol. The first kappa shape index (κ1) is 18.5. The minimum absolute atomic E-state index is 0.162. The molecule has 0 radical (unpaired) electrons. The molecule has 1 fully saturated rings. The lowest BCUT2D eigenvalue weighted by molar-refractivity contribution is -0.0265. The first-order chi connectivity index (χ1) is 12.9. The molecule has 0 saturated carbocycles. The van der Waals surface area contributed by atoms with E-state index in [1.165, 1.54) is 12.0 Å². The molecule has 1 aromatic heterocycles. The Bertz CT molecular complexity index is 656. The van der Waals surface area contributed by atoms with E-state index in [4.69, 9.17) is 4.74 Å². The Morgan fingerprint density at radius 1 is 1.27 bits per heavy atom. The third-order valence-electron chi connectivity index (χ3n) is 4.74. The molecule has 2 aromatic rings. The van der Waals surface area contributed by atoms with Gasteiger partial charge in [-0.1, -0.05) is 30.3 Å². The van der Waals surface area contributed by atoms with Crippen LogP contribution in [0.4, 0.5) is 0 Å². The van der Waals surface area contributed by atoms with Gasteiger partial charge in [0.1, 0.15) is 0 Å². The number of nitrogens with zero attached hydrogens (tertiary/aromatic N) is 3. The number of rotatable bonds is 7. The number of benzene rings is 1. The summed E-state index contributed by atoms with van der Waals surface area (Å²) in [6, 6.07) is 12.5. The van der Waals surface area contributed by atoms with Crippen molar-refractivity contribution in [1.82, 2.24) is 20.4 Å². The van der Waals surface area contributed by atoms with Gasteiger partial charge in [-0.2, -0.15) is 5.10 Å². The number of aryl methyl sites for hydroxylation is 1. The molecule has 2 heterocycles. The summed E-state index contributed by atoms with van der Waals surface area (Å²) in [5, 5.41) is 11.1. The largest absolute Gasteiger partial charge is 0.373 e. The Morgan fingerprint density at radius 2 is 2.15 bits per heavy atom. The van der Waals surface area contributed by atoms with E-state index in [0.29, 0.717) is 5.92 Å². The average molecular weight is 355 g/mol. The smallest absolute Gasteiger partial charge is 0.190 e. The second-order valence-corrected chi connectivity index (χ2v) is 6.61. The molecule has 0 amide bonds. The van der Waals surface area contributed by atoms with Gasteiger partial charge in [-0.3, -0.25) is 9.67 Å². The molecule has 1 aromatic carbocycles. The molecule has 0 spiro atoms. The number of ether oxygens (including phenoxy) is 1. The second-order valence-electron chi connectivity index (χ2n) is 6.61. The molecule has 140 valence electrons. The Hall–Kier alpha value is -2.34. The standard InChI is InChI=1S/C20H29N5O/c1-21-20(22-11-6-13-25-14-7-12-24-25)23-16-18-10-5-15-26-19(18)17-8-3-2-4-9-17/h2-4,7-9,12,14,18-19H,5-6,10-11,13,15-16H2,1H3,(H2,21,22,23). The maximum atomic E-state index is 6.07. The van der Waals surface area contributed by atoms with Crippen LogP contribution in [0, 0.1) is 5.92 Å². The van der Waals surface area contributed by atoms with Crippen LogP contribution in [0.2, 0.25) is 0 Å². The third kappa shape index (κ3) is 5.33. The van der Waals surface area contributed by atoms with Crippen LogP contribution < -0.4 is 10.6 Å². The van der Waals surface area contributed by atoms with Crippen molar-refractivity contribution in [3.63, 3.8) is 0 Å². The van der Waals surface area contributed by atoms with Gasteiger partial charge in [0, 0.05) is 51.6 Å². The molecule has 1 saturated heterocycles. The molecule has 6 nitrogen and oxygen atoms in total. The van der Waals surface area contributed by atoms with E-state index in [1.54, 1.807) is 0 Å². The molecule has 2 unspecified atom stereocenters. The van der Waals surface area contributed by atoms with Crippen LogP contribution in [0.25, 0.3) is 0 Å². The lowest BCUT2D eigenvalue weighted by Crippen LogP contribution is -2.42. The third-order valence-corrected chi connectivity index (χ3v) is 4.74. The van der Waals surface area contributed by atoms with Crippen LogP contribution in [-0.4, -0.2) is 42.5 Å². The maximum absolute atomic E-state index is 6.07. The van der Waals surface area contributed by atoms with Crippen LogP contribution in [-0.2, 0) is 11.3 Å². The highest BCUT2D eigenvalue weighted by molar-refractivity contribution is 5.79. The summed E-state index contributed by atoms with van der Waals surface area (Å²) in [5.74, 6) is 1.30. The summed E-state index contributed by atoms with van der Waals surface area (Å²) in [7, 11) is 1.81. The van der Waals surface area contributed by atoms with Gasteiger partial charge in [-0.05, 0) is 30.9 Å². The lowest BCUT2D eigenvalue weighted by Gasteiger charge is -2.32. The van der Waals surface area contributed by atoms with Crippen molar-refractivity contribution in [3.05, 3.63) is 54.4 Å². The normalized spacial score (nSPS) is 20.7. The number of nitrogens with one attached hydrogen (secondary N) is 2. The Kier molecular flexibility index (Phi) is 7.07. The van der Waals surface area contributed by atoms with Gasteiger partial charge in [-0.15, -0.1) is 0 Å². The molecule has 6 heteroatoms. The van der Waals surface area contributed by atoms with E-state index >= 15 is 0 Å². The monoisotopic (exact) mass is 355 g/mol. The number of aliphatic imine (C=N–C) groups is 1. The number of aromatic nitrogens is 2. The molecular formula is C20H29N5O. The zero-order valence-corrected chi connectivity index (χ0v) is 15.5. The fraction of sp³-hybridized carbons (Fsp3) is 0.500. The van der Waals surface area contributed by atoms with Crippen LogP contribution in [0.3, 0.4) is 0 Å². The predicted octanol–water partition coefficient (Wildman–Crippen LogP) is 2.61. The van der Waals surface area contributed by atoms with E-state index in [0.717, 1.165) is 45.0 Å². The van der Waals surface area contributed by atoms with Crippen molar-refractivity contribution in [1.29, 1.82) is 0 Å². The van der Waals surface area contributed by atoms with Gasteiger partial charge >= 0.3 is 0 Å². The first-order valence-electron chi connectivity index (χ1n) is 9.45. The molecule has 2 N–H and O–H groups in total. The molecule has 3 rings (SSSR count). The molecule has 1 aliphatic heterocycles. The number of guanidine groups is 1. The molecule has 2 atom stereocenters. The highest BCUT2D eigenvalue weighted by Crippen LogP contribution is 2.32. The molecule has 1 aliphatic rings. The van der Waals surface area contributed by atoms with E-state index in [1.807, 2.05) is 30.2 Å². The predicted molar refractivity (Wildman–Crippen MR) is 104 cm³/mol. The number of hydrogen-bond donors (Lipinski definition) is 2. The van der Waals surface area contributed by atoms with Gasteiger partial charge in [0.25, 0.3) is 0 Å². The summed E-state index contributed by atoms with van der Waals surface area (Å²) in [6.45, 7) is 3.47. The minimum Gasteiger partial charge on any atom is -0.373 e. The van der Waals surface area contributed by atoms with Crippen molar-refractivity contribution >= 4 is 5.96 Å². The zero-order valence-electron chi connectivity index (χ0n) is 15.5. The Balaban J connectivity index is 1.44. The van der Waals surface area contributed by atoms with E-state index in [9.17, 15) is 0 Å². The van der Waals surface area contributed by atoms with Gasteiger partial charge in [0.15, 0.2) is 5.96 Å². The summed E-state index contributed by atoms with van der Waals surface area (Å²) in [6.07, 6.45) is 7.24. The Labute approximate surface area is 155 Å². The topological polar surface area (TPSA) is 63.5 Å². The second kappa shape index (κ2) is 9.97. The van der Waals surface area contributed by atoms with Crippen molar-refractivity contribution in [3.8, 4) is 0 Å². The van der Waals surface area contributed by atoms with Crippen LogP contribution >= 0.6 is 0 Å². The first-order valence-corrected chi connectivity index (χ1v) is 9.45. The zero-order chi connectivity index (χ0) is 18.0. The van der Waals surface area contributed by atoms with Crippen LogP contribution in [0.15, 0.2) is 53.8 Å². The SMILES string of the molecule is CN=C(NCCCn1cccn1)NCC1CCCOC1c1ccccc1. The summed E-state index contributed by atoms with van der Waals surface area (Å²) in [4.78, 5) is 4.34. The minimum atomic E-state index is 0.162. The molecule has 0 aliphatic carbocycles. The van der Waals surface area contributed by atoms with Crippen LogP contribution in [0.5, 0.6) is 0 Å². The van der Waals surface area contributed by atoms with Crippen molar-refractivity contribution in [2.75, 3.05) is 26.7 Å². The molecule has 26 heavy (non-hydrogen) atoms. The van der Waals surface area contributed by atoms with Gasteiger partial charge in [0.2, 0.25) is 0 Å².